The van der Waals surface area contributed by atoms with Crippen LogP contribution >= 0.6 is 11.6 Å². The summed E-state index contributed by atoms with van der Waals surface area (Å²) in [5.74, 6) is 1.01. The van der Waals surface area contributed by atoms with Gasteiger partial charge in [-0.05, 0) is 42.3 Å². The molecule has 28 heavy (non-hydrogen) atoms. The molecule has 1 atom stereocenters. The molecule has 144 valence electrons. The van der Waals surface area contributed by atoms with Crippen molar-refractivity contribution in [3.8, 4) is 17.2 Å². The molecule has 2 aromatic rings. The summed E-state index contributed by atoms with van der Waals surface area (Å²) in [6.07, 6.45) is 1.36. The number of carbonyl (C=O) groups is 2. The highest BCUT2D eigenvalue weighted by atomic mass is 35.5. The first kappa shape index (κ1) is 18.1. The monoisotopic (exact) mass is 401 g/mol. The highest BCUT2D eigenvalue weighted by Gasteiger charge is 2.49. The number of benzene rings is 2. The van der Waals surface area contributed by atoms with Crippen molar-refractivity contribution in [2.75, 3.05) is 13.9 Å². The number of methoxy groups -OCH3 is 1. The van der Waals surface area contributed by atoms with E-state index in [1.165, 1.54) is 13.3 Å². The van der Waals surface area contributed by atoms with Gasteiger partial charge in [-0.3, -0.25) is 4.79 Å². The molecule has 0 aromatic heterocycles. The van der Waals surface area contributed by atoms with Gasteiger partial charge in [0.2, 0.25) is 6.79 Å². The van der Waals surface area contributed by atoms with Crippen LogP contribution in [0.2, 0.25) is 5.02 Å². The molecule has 2 aliphatic rings. The molecule has 0 unspecified atom stereocenters. The Kier molecular flexibility index (Phi) is 4.35. The van der Waals surface area contributed by atoms with Crippen LogP contribution in [-0.4, -0.2) is 37.1 Å². The molecule has 3 amide bonds. The number of amides is 3. The summed E-state index contributed by atoms with van der Waals surface area (Å²) in [4.78, 5) is 25.3. The minimum absolute atomic E-state index is 0.0849. The van der Waals surface area contributed by atoms with Crippen molar-refractivity contribution in [3.05, 3.63) is 52.5 Å². The molecule has 1 saturated heterocycles. The van der Waals surface area contributed by atoms with Crippen LogP contribution in [0.3, 0.4) is 0 Å². The molecule has 8 nitrogen and oxygen atoms in total. The zero-order valence-electron chi connectivity index (χ0n) is 15.1. The van der Waals surface area contributed by atoms with Crippen molar-refractivity contribution in [2.45, 2.75) is 12.5 Å². The van der Waals surface area contributed by atoms with Crippen LogP contribution in [-0.2, 0) is 10.3 Å². The van der Waals surface area contributed by atoms with Crippen LogP contribution in [0.25, 0.3) is 0 Å². The standard InChI is InChI=1S/C19H16ClN3O5/c1-19(12-4-3-5-13(8-12)26-2)17(24)23(18(25)22-19)21-9-11-6-14(20)16-15(7-11)27-10-28-16/h3-9H,10H2,1-2H3,(H,22,25)/b21-9-/t19-/m0/s1. The van der Waals surface area contributed by atoms with Gasteiger partial charge in [-0.15, -0.1) is 5.01 Å². The summed E-state index contributed by atoms with van der Waals surface area (Å²) in [6, 6.07) is 9.59. The van der Waals surface area contributed by atoms with E-state index in [0.29, 0.717) is 33.4 Å². The summed E-state index contributed by atoms with van der Waals surface area (Å²) in [6.45, 7) is 1.70. The Balaban J connectivity index is 1.61. The maximum absolute atomic E-state index is 12.9. The highest BCUT2D eigenvalue weighted by Crippen LogP contribution is 2.39. The summed E-state index contributed by atoms with van der Waals surface area (Å²) in [5, 5.41) is 7.88. The predicted molar refractivity (Wildman–Crippen MR) is 101 cm³/mol. The quantitative estimate of drug-likeness (QED) is 0.628. The van der Waals surface area contributed by atoms with Crippen molar-refractivity contribution in [2.24, 2.45) is 5.10 Å². The van der Waals surface area contributed by atoms with Crippen molar-refractivity contribution < 1.29 is 23.8 Å². The Morgan fingerprint density at radius 2 is 2.11 bits per heavy atom. The first-order valence-corrected chi connectivity index (χ1v) is 8.74. The SMILES string of the molecule is COc1cccc([C@]2(C)NC(=O)N(/N=C\c3cc(Cl)c4c(c3)OCO4)C2=O)c1. The normalized spacial score (nSPS) is 20.8. The van der Waals surface area contributed by atoms with E-state index in [2.05, 4.69) is 10.4 Å². The number of fused-ring (bicyclic) bond motifs is 1. The van der Waals surface area contributed by atoms with Gasteiger partial charge in [-0.2, -0.15) is 5.10 Å². The molecule has 0 radical (unpaired) electrons. The molecule has 1 N–H and O–H groups in total. The molecule has 9 heteroatoms. The fraction of sp³-hybridized carbons (Fsp3) is 0.211. The molecular formula is C19H16ClN3O5. The van der Waals surface area contributed by atoms with Crippen LogP contribution in [0.5, 0.6) is 17.2 Å². The molecule has 2 aromatic carbocycles. The molecule has 0 saturated carbocycles. The van der Waals surface area contributed by atoms with E-state index in [9.17, 15) is 9.59 Å². The van der Waals surface area contributed by atoms with E-state index >= 15 is 0 Å². The average molecular weight is 402 g/mol. The Hall–Kier alpha value is -3.26. The topological polar surface area (TPSA) is 89.5 Å². The number of halogens is 1. The molecule has 4 rings (SSSR count). The molecule has 0 spiro atoms. The van der Waals surface area contributed by atoms with Gasteiger partial charge in [-0.1, -0.05) is 23.7 Å². The third-order valence-electron chi connectivity index (χ3n) is 4.59. The lowest BCUT2D eigenvalue weighted by atomic mass is 9.92. The number of nitrogens with one attached hydrogen (secondary N) is 1. The van der Waals surface area contributed by atoms with Crippen LogP contribution in [0.15, 0.2) is 41.5 Å². The maximum Gasteiger partial charge on any atom is 0.346 e. The number of hydrogen-bond acceptors (Lipinski definition) is 6. The Bertz CT molecular complexity index is 1010. The van der Waals surface area contributed by atoms with Gasteiger partial charge in [0.15, 0.2) is 11.5 Å². The smallest absolute Gasteiger partial charge is 0.346 e. The zero-order valence-corrected chi connectivity index (χ0v) is 15.8. The fourth-order valence-corrected chi connectivity index (χ4v) is 3.32. The number of imide groups is 1. The predicted octanol–water partition coefficient (Wildman–Crippen LogP) is 2.88. The van der Waals surface area contributed by atoms with Gasteiger partial charge in [0.1, 0.15) is 11.3 Å². The summed E-state index contributed by atoms with van der Waals surface area (Å²) in [5.41, 5.74) is -0.103. The van der Waals surface area contributed by atoms with Gasteiger partial charge in [0.25, 0.3) is 5.91 Å². The molecule has 0 bridgehead atoms. The number of nitrogens with zero attached hydrogens (tertiary/aromatic N) is 2. The van der Waals surface area contributed by atoms with Crippen molar-refractivity contribution in [3.63, 3.8) is 0 Å². The van der Waals surface area contributed by atoms with E-state index in [-0.39, 0.29) is 6.79 Å². The van der Waals surface area contributed by atoms with Crippen molar-refractivity contribution >= 4 is 29.8 Å². The minimum Gasteiger partial charge on any atom is -0.497 e. The number of rotatable bonds is 4. The molecular weight excluding hydrogens is 386 g/mol. The van der Waals surface area contributed by atoms with E-state index in [1.807, 2.05) is 0 Å². The second kappa shape index (κ2) is 6.72. The van der Waals surface area contributed by atoms with Crippen LogP contribution in [0.4, 0.5) is 4.79 Å². The van der Waals surface area contributed by atoms with Crippen LogP contribution in [0.1, 0.15) is 18.1 Å². The number of urea groups is 1. The van der Waals surface area contributed by atoms with Gasteiger partial charge in [0.05, 0.1) is 18.3 Å². The number of hydrazone groups is 1. The zero-order chi connectivity index (χ0) is 19.9. The van der Waals surface area contributed by atoms with Gasteiger partial charge in [-0.25, -0.2) is 4.79 Å². The first-order valence-electron chi connectivity index (χ1n) is 8.37. The van der Waals surface area contributed by atoms with Crippen molar-refractivity contribution in [1.29, 1.82) is 0 Å². The molecule has 2 aliphatic heterocycles. The number of hydrogen-bond donors (Lipinski definition) is 1. The maximum atomic E-state index is 12.9. The largest absolute Gasteiger partial charge is 0.497 e. The van der Waals surface area contributed by atoms with E-state index in [0.717, 1.165) is 5.01 Å². The fourth-order valence-electron chi connectivity index (χ4n) is 3.05. The summed E-state index contributed by atoms with van der Waals surface area (Å²) < 4.78 is 15.8. The van der Waals surface area contributed by atoms with Gasteiger partial charge in [0, 0.05) is 0 Å². The molecule has 2 heterocycles. The second-order valence-corrected chi connectivity index (χ2v) is 6.79. The molecule has 0 aliphatic carbocycles. The molecule has 1 fully saturated rings. The summed E-state index contributed by atoms with van der Waals surface area (Å²) >= 11 is 6.14. The third kappa shape index (κ3) is 2.91. The lowest BCUT2D eigenvalue weighted by molar-refractivity contribution is -0.131. The highest BCUT2D eigenvalue weighted by molar-refractivity contribution is 6.32. The van der Waals surface area contributed by atoms with E-state index in [4.69, 9.17) is 25.8 Å². The van der Waals surface area contributed by atoms with Gasteiger partial charge < -0.3 is 19.5 Å². The van der Waals surface area contributed by atoms with Crippen molar-refractivity contribution in [1.82, 2.24) is 10.3 Å². The lowest BCUT2D eigenvalue weighted by Crippen LogP contribution is -2.40. The average Bonchev–Trinajstić information content (AvgIpc) is 3.24. The number of ether oxygens (including phenoxy) is 3. The lowest BCUT2D eigenvalue weighted by Gasteiger charge is -2.21. The summed E-state index contributed by atoms with van der Waals surface area (Å²) in [7, 11) is 1.53. The second-order valence-electron chi connectivity index (χ2n) is 6.39. The third-order valence-corrected chi connectivity index (χ3v) is 4.87. The van der Waals surface area contributed by atoms with E-state index in [1.54, 1.807) is 43.3 Å². The first-order chi connectivity index (χ1) is 13.4. The van der Waals surface area contributed by atoms with Crippen LogP contribution < -0.4 is 19.5 Å². The Labute approximate surface area is 165 Å². The Morgan fingerprint density at radius 3 is 2.89 bits per heavy atom. The van der Waals surface area contributed by atoms with E-state index < -0.39 is 17.5 Å². The van der Waals surface area contributed by atoms with Crippen LogP contribution in [0, 0.1) is 0 Å². The van der Waals surface area contributed by atoms with Gasteiger partial charge >= 0.3 is 6.03 Å². The Morgan fingerprint density at radius 1 is 1.29 bits per heavy atom. The number of carbonyl (C=O) groups excluding carboxylic acids is 2. The minimum atomic E-state index is -1.25.